The van der Waals surface area contributed by atoms with Crippen molar-refractivity contribution in [3.63, 3.8) is 0 Å². The molecular formula is C20H24N8O2. The first kappa shape index (κ1) is 18.5. The van der Waals surface area contributed by atoms with Crippen molar-refractivity contribution in [3.05, 3.63) is 36.0 Å². The third-order valence-corrected chi connectivity index (χ3v) is 5.13. The van der Waals surface area contributed by atoms with Crippen molar-refractivity contribution in [2.24, 2.45) is 0 Å². The Hall–Kier alpha value is -3.53. The first-order valence-electron chi connectivity index (χ1n) is 9.91. The number of piperazine rings is 1. The molecule has 0 spiro atoms. The number of nitrogens with one attached hydrogen (secondary N) is 3. The maximum atomic E-state index is 5.47. The van der Waals surface area contributed by atoms with E-state index in [1.54, 1.807) is 0 Å². The minimum atomic E-state index is 0.241. The van der Waals surface area contributed by atoms with Crippen LogP contribution in [0.25, 0.3) is 0 Å². The molecule has 3 aromatic rings. The van der Waals surface area contributed by atoms with Crippen molar-refractivity contribution >= 4 is 29.1 Å². The van der Waals surface area contributed by atoms with Crippen LogP contribution in [0.5, 0.6) is 11.5 Å². The molecule has 4 heterocycles. The molecule has 3 N–H and O–H groups in total. The maximum absolute atomic E-state index is 5.47. The van der Waals surface area contributed by atoms with Crippen molar-refractivity contribution in [2.45, 2.75) is 6.92 Å². The smallest absolute Gasteiger partial charge is 0.231 e. The molecule has 156 valence electrons. The van der Waals surface area contributed by atoms with Gasteiger partial charge in [-0.05, 0) is 26.1 Å². The topological polar surface area (TPSA) is 103 Å². The Bertz CT molecular complexity index is 1050. The normalized spacial score (nSPS) is 16.0. The van der Waals surface area contributed by atoms with Crippen molar-refractivity contribution in [2.75, 3.05) is 55.6 Å². The summed E-state index contributed by atoms with van der Waals surface area (Å²) in [6, 6.07) is 9.57. The van der Waals surface area contributed by atoms with E-state index in [9.17, 15) is 0 Å². The number of aromatic amines is 1. The van der Waals surface area contributed by atoms with Crippen molar-refractivity contribution in [1.82, 2.24) is 25.1 Å². The number of rotatable bonds is 5. The van der Waals surface area contributed by atoms with Crippen LogP contribution in [-0.4, -0.2) is 65.1 Å². The Morgan fingerprint density at radius 3 is 2.57 bits per heavy atom. The SMILES string of the molecule is Cc1cc(Nc2cc(N3CCN(C)CC3)nc(Nc3ccc4c(c3)OCO4)n2)n[nH]1. The fourth-order valence-corrected chi connectivity index (χ4v) is 3.47. The van der Waals surface area contributed by atoms with Crippen LogP contribution in [0.15, 0.2) is 30.3 Å². The predicted molar refractivity (Wildman–Crippen MR) is 114 cm³/mol. The minimum absolute atomic E-state index is 0.241. The van der Waals surface area contributed by atoms with Gasteiger partial charge in [-0.15, -0.1) is 0 Å². The summed E-state index contributed by atoms with van der Waals surface area (Å²) in [6.07, 6.45) is 0. The third kappa shape index (κ3) is 3.94. The number of anilines is 5. The summed E-state index contributed by atoms with van der Waals surface area (Å²) in [5.41, 5.74) is 1.81. The molecule has 1 fully saturated rings. The molecule has 0 aliphatic carbocycles. The Morgan fingerprint density at radius 2 is 1.77 bits per heavy atom. The first-order valence-corrected chi connectivity index (χ1v) is 9.91. The lowest BCUT2D eigenvalue weighted by Crippen LogP contribution is -2.44. The van der Waals surface area contributed by atoms with E-state index >= 15 is 0 Å². The second kappa shape index (κ2) is 7.71. The third-order valence-electron chi connectivity index (χ3n) is 5.13. The van der Waals surface area contributed by atoms with E-state index < -0.39 is 0 Å². The number of ether oxygens (including phenoxy) is 2. The summed E-state index contributed by atoms with van der Waals surface area (Å²) >= 11 is 0. The van der Waals surface area contributed by atoms with E-state index in [4.69, 9.17) is 14.5 Å². The van der Waals surface area contributed by atoms with Gasteiger partial charge in [-0.25, -0.2) is 0 Å². The summed E-state index contributed by atoms with van der Waals surface area (Å²) in [5, 5.41) is 13.7. The van der Waals surface area contributed by atoms with E-state index in [-0.39, 0.29) is 6.79 Å². The van der Waals surface area contributed by atoms with Gasteiger partial charge in [0.05, 0.1) is 0 Å². The van der Waals surface area contributed by atoms with Gasteiger partial charge >= 0.3 is 0 Å². The van der Waals surface area contributed by atoms with Crippen LogP contribution in [0.4, 0.5) is 29.1 Å². The first-order chi connectivity index (χ1) is 14.6. The number of aryl methyl sites for hydroxylation is 1. The number of benzene rings is 1. The Balaban J connectivity index is 1.44. The number of aromatic nitrogens is 4. The zero-order valence-electron chi connectivity index (χ0n) is 17.0. The molecular weight excluding hydrogens is 384 g/mol. The summed E-state index contributed by atoms with van der Waals surface area (Å²) in [6.45, 7) is 6.02. The quantitative estimate of drug-likeness (QED) is 0.587. The monoisotopic (exact) mass is 408 g/mol. The zero-order valence-corrected chi connectivity index (χ0v) is 17.0. The lowest BCUT2D eigenvalue weighted by atomic mass is 10.3. The molecule has 10 nitrogen and oxygen atoms in total. The second-order valence-electron chi connectivity index (χ2n) is 7.48. The molecule has 5 rings (SSSR count). The van der Waals surface area contributed by atoms with E-state index in [2.05, 4.69) is 42.7 Å². The average molecular weight is 408 g/mol. The molecule has 2 aliphatic rings. The van der Waals surface area contributed by atoms with Crippen LogP contribution < -0.4 is 25.0 Å². The fraction of sp³-hybridized carbons (Fsp3) is 0.350. The van der Waals surface area contributed by atoms with Crippen LogP contribution >= 0.6 is 0 Å². The Kier molecular flexibility index (Phi) is 4.75. The van der Waals surface area contributed by atoms with Crippen molar-refractivity contribution < 1.29 is 9.47 Å². The zero-order chi connectivity index (χ0) is 20.5. The maximum Gasteiger partial charge on any atom is 0.231 e. The number of hydrogen-bond acceptors (Lipinski definition) is 9. The number of likely N-dealkylation sites (N-methyl/N-ethyl adjacent to an activating group) is 1. The van der Waals surface area contributed by atoms with E-state index in [1.807, 2.05) is 37.3 Å². The molecule has 1 saturated heterocycles. The molecule has 2 aliphatic heterocycles. The average Bonchev–Trinajstić information content (AvgIpc) is 3.36. The summed E-state index contributed by atoms with van der Waals surface area (Å²) in [4.78, 5) is 14.0. The highest BCUT2D eigenvalue weighted by molar-refractivity contribution is 5.65. The molecule has 30 heavy (non-hydrogen) atoms. The lowest BCUT2D eigenvalue weighted by Gasteiger charge is -2.33. The highest BCUT2D eigenvalue weighted by Crippen LogP contribution is 2.35. The molecule has 0 amide bonds. The number of nitrogens with zero attached hydrogens (tertiary/aromatic N) is 5. The molecule has 0 bridgehead atoms. The summed E-state index contributed by atoms with van der Waals surface area (Å²) in [5.74, 6) is 4.21. The molecule has 2 aromatic heterocycles. The number of fused-ring (bicyclic) bond motifs is 1. The van der Waals surface area contributed by atoms with E-state index in [1.165, 1.54) is 0 Å². The molecule has 0 atom stereocenters. The lowest BCUT2D eigenvalue weighted by molar-refractivity contribution is 0.174. The summed E-state index contributed by atoms with van der Waals surface area (Å²) in [7, 11) is 2.14. The Morgan fingerprint density at radius 1 is 0.933 bits per heavy atom. The van der Waals surface area contributed by atoms with Gasteiger partial charge in [0.25, 0.3) is 0 Å². The van der Waals surface area contributed by atoms with Gasteiger partial charge < -0.3 is 29.9 Å². The van der Waals surface area contributed by atoms with Crippen molar-refractivity contribution in [3.8, 4) is 11.5 Å². The van der Waals surface area contributed by atoms with E-state index in [0.717, 1.165) is 49.1 Å². The number of H-pyrrole nitrogens is 1. The Labute approximate surface area is 174 Å². The van der Waals surface area contributed by atoms with Crippen LogP contribution in [0.2, 0.25) is 0 Å². The molecule has 1 aromatic carbocycles. The van der Waals surface area contributed by atoms with Crippen molar-refractivity contribution in [1.29, 1.82) is 0 Å². The number of hydrogen-bond donors (Lipinski definition) is 3. The van der Waals surface area contributed by atoms with Gasteiger partial charge in [0.1, 0.15) is 11.6 Å². The van der Waals surface area contributed by atoms with Crippen LogP contribution in [-0.2, 0) is 0 Å². The van der Waals surface area contributed by atoms with Crippen LogP contribution in [0.3, 0.4) is 0 Å². The van der Waals surface area contributed by atoms with Crippen LogP contribution in [0, 0.1) is 6.92 Å². The minimum Gasteiger partial charge on any atom is -0.454 e. The predicted octanol–water partition coefficient (Wildman–Crippen LogP) is 2.48. The van der Waals surface area contributed by atoms with Gasteiger partial charge in [0.2, 0.25) is 12.7 Å². The van der Waals surface area contributed by atoms with Gasteiger partial charge in [-0.1, -0.05) is 0 Å². The highest BCUT2D eigenvalue weighted by Gasteiger charge is 2.18. The largest absolute Gasteiger partial charge is 0.454 e. The second-order valence-corrected chi connectivity index (χ2v) is 7.48. The van der Waals surface area contributed by atoms with Gasteiger partial charge in [-0.3, -0.25) is 5.10 Å². The fourth-order valence-electron chi connectivity index (χ4n) is 3.47. The van der Waals surface area contributed by atoms with Gasteiger partial charge in [-0.2, -0.15) is 15.1 Å². The molecule has 0 unspecified atom stereocenters. The van der Waals surface area contributed by atoms with E-state index in [0.29, 0.717) is 23.3 Å². The molecule has 0 saturated carbocycles. The van der Waals surface area contributed by atoms with Crippen LogP contribution in [0.1, 0.15) is 5.69 Å². The summed E-state index contributed by atoms with van der Waals surface area (Å²) < 4.78 is 10.9. The standard InChI is InChI=1S/C20H24N8O2/c1-13-9-18(26-25-13)22-17-11-19(28-7-5-27(2)6-8-28)24-20(23-17)21-14-3-4-15-16(10-14)30-12-29-15/h3-4,9-11H,5-8,12H2,1-2H3,(H3,21,22,23,24,25,26). The molecule has 10 heteroatoms. The van der Waals surface area contributed by atoms with Gasteiger partial charge in [0, 0.05) is 55.8 Å². The molecule has 0 radical (unpaired) electrons. The van der Waals surface area contributed by atoms with Gasteiger partial charge in [0.15, 0.2) is 17.3 Å². The highest BCUT2D eigenvalue weighted by atomic mass is 16.7.